The fourth-order valence-electron chi connectivity index (χ4n) is 4.85. The van der Waals surface area contributed by atoms with Gasteiger partial charge in [0.1, 0.15) is 11.6 Å². The second-order valence-corrected chi connectivity index (χ2v) is 8.13. The number of para-hydroxylation sites is 1. The normalized spacial score (nSPS) is 27.0. The summed E-state index contributed by atoms with van der Waals surface area (Å²) in [6.45, 7) is 4.10. The van der Waals surface area contributed by atoms with Gasteiger partial charge in [0, 0.05) is 30.9 Å². The molecule has 1 aliphatic carbocycles. The SMILES string of the molecule is Cc1cc2ccccc2nc1N1C[C@H]2C[C@@H](Nc3cnccn3)[C@H](O)C[C@H]2C1. The van der Waals surface area contributed by atoms with Gasteiger partial charge in [0.05, 0.1) is 23.9 Å². The van der Waals surface area contributed by atoms with Crippen molar-refractivity contribution in [1.82, 2.24) is 15.0 Å². The Balaban J connectivity index is 1.34. The van der Waals surface area contributed by atoms with Gasteiger partial charge < -0.3 is 15.3 Å². The van der Waals surface area contributed by atoms with Crippen molar-refractivity contribution in [1.29, 1.82) is 0 Å². The summed E-state index contributed by atoms with van der Waals surface area (Å²) in [6.07, 6.45) is 6.42. The number of aromatic nitrogens is 3. The van der Waals surface area contributed by atoms with E-state index in [0.717, 1.165) is 43.1 Å². The summed E-state index contributed by atoms with van der Waals surface area (Å²) in [5.74, 6) is 2.86. The average molecular weight is 375 g/mol. The number of nitrogens with one attached hydrogen (secondary N) is 1. The van der Waals surface area contributed by atoms with Crippen LogP contribution in [-0.2, 0) is 0 Å². The number of benzene rings is 1. The zero-order valence-corrected chi connectivity index (χ0v) is 16.0. The first kappa shape index (κ1) is 17.4. The van der Waals surface area contributed by atoms with Gasteiger partial charge in [0.25, 0.3) is 0 Å². The maximum atomic E-state index is 10.7. The number of nitrogens with zero attached hydrogens (tertiary/aromatic N) is 4. The number of pyridine rings is 1. The Hall–Kier alpha value is -2.73. The number of fused-ring (bicyclic) bond motifs is 2. The molecule has 0 radical (unpaired) electrons. The van der Waals surface area contributed by atoms with E-state index in [1.165, 1.54) is 10.9 Å². The molecule has 6 nitrogen and oxygen atoms in total. The number of anilines is 2. The van der Waals surface area contributed by atoms with Crippen LogP contribution in [0.15, 0.2) is 48.9 Å². The molecule has 1 aliphatic heterocycles. The van der Waals surface area contributed by atoms with Crippen molar-refractivity contribution >= 4 is 22.5 Å². The van der Waals surface area contributed by atoms with Crippen LogP contribution in [0, 0.1) is 18.8 Å². The number of aryl methyl sites for hydroxylation is 1. The van der Waals surface area contributed by atoms with Crippen LogP contribution >= 0.6 is 0 Å². The minimum absolute atomic E-state index is 0.0172. The molecule has 1 saturated heterocycles. The molecule has 2 aliphatic rings. The lowest BCUT2D eigenvalue weighted by molar-refractivity contribution is 0.0737. The van der Waals surface area contributed by atoms with Gasteiger partial charge in [-0.05, 0) is 49.3 Å². The minimum atomic E-state index is -0.367. The Morgan fingerprint density at radius 1 is 1.11 bits per heavy atom. The van der Waals surface area contributed by atoms with Crippen LogP contribution in [0.4, 0.5) is 11.6 Å². The van der Waals surface area contributed by atoms with Crippen molar-refractivity contribution in [2.24, 2.45) is 11.8 Å². The van der Waals surface area contributed by atoms with E-state index in [4.69, 9.17) is 4.98 Å². The summed E-state index contributed by atoms with van der Waals surface area (Å²) in [6, 6.07) is 10.5. The third kappa shape index (κ3) is 3.18. The largest absolute Gasteiger partial charge is 0.391 e. The fourth-order valence-corrected chi connectivity index (χ4v) is 4.85. The van der Waals surface area contributed by atoms with Crippen LogP contribution in [0.25, 0.3) is 10.9 Å². The van der Waals surface area contributed by atoms with Crippen molar-refractivity contribution in [3.8, 4) is 0 Å². The average Bonchev–Trinajstić information content (AvgIpc) is 3.11. The van der Waals surface area contributed by atoms with Crippen LogP contribution < -0.4 is 10.2 Å². The topological polar surface area (TPSA) is 74.2 Å². The molecular formula is C22H25N5O. The maximum Gasteiger partial charge on any atom is 0.144 e. The van der Waals surface area contributed by atoms with Gasteiger partial charge in [-0.25, -0.2) is 9.97 Å². The first-order valence-corrected chi connectivity index (χ1v) is 9.99. The molecule has 5 rings (SSSR count). The fraction of sp³-hybridized carbons (Fsp3) is 0.409. The standard InChI is InChI=1S/C22H25N5O/c1-14-8-15-4-2-3-5-18(15)26-22(14)27-12-16-9-19(20(28)10-17(16)13-27)25-21-11-23-6-7-24-21/h2-8,11,16-17,19-20,28H,9-10,12-13H2,1H3,(H,24,25)/t16-,17+,19-,20-/m1/s1. The lowest BCUT2D eigenvalue weighted by Gasteiger charge is -2.35. The van der Waals surface area contributed by atoms with Crippen molar-refractivity contribution in [2.75, 3.05) is 23.3 Å². The Bertz CT molecular complexity index is 979. The Morgan fingerprint density at radius 2 is 1.93 bits per heavy atom. The molecule has 3 aromatic rings. The Labute approximate surface area is 164 Å². The predicted octanol–water partition coefficient (Wildman–Crippen LogP) is 3.02. The molecule has 28 heavy (non-hydrogen) atoms. The van der Waals surface area contributed by atoms with Crippen molar-refractivity contribution in [3.05, 3.63) is 54.5 Å². The number of hydrogen-bond donors (Lipinski definition) is 2. The van der Waals surface area contributed by atoms with E-state index < -0.39 is 0 Å². The van der Waals surface area contributed by atoms with Crippen LogP contribution in [-0.4, -0.2) is 45.3 Å². The second-order valence-electron chi connectivity index (χ2n) is 8.13. The van der Waals surface area contributed by atoms with E-state index >= 15 is 0 Å². The van der Waals surface area contributed by atoms with E-state index in [9.17, 15) is 5.11 Å². The van der Waals surface area contributed by atoms with E-state index in [-0.39, 0.29) is 12.1 Å². The van der Waals surface area contributed by atoms with E-state index in [1.54, 1.807) is 18.6 Å². The molecule has 0 spiro atoms. The summed E-state index contributed by atoms with van der Waals surface area (Å²) in [7, 11) is 0. The van der Waals surface area contributed by atoms with Gasteiger partial charge in [0.2, 0.25) is 0 Å². The van der Waals surface area contributed by atoms with Gasteiger partial charge in [-0.2, -0.15) is 0 Å². The van der Waals surface area contributed by atoms with Crippen molar-refractivity contribution in [2.45, 2.75) is 31.9 Å². The minimum Gasteiger partial charge on any atom is -0.391 e. The maximum absolute atomic E-state index is 10.7. The van der Waals surface area contributed by atoms with Crippen LogP contribution in [0.5, 0.6) is 0 Å². The number of aliphatic hydroxyl groups excluding tert-OH is 1. The van der Waals surface area contributed by atoms with Gasteiger partial charge >= 0.3 is 0 Å². The highest BCUT2D eigenvalue weighted by molar-refractivity contribution is 5.81. The highest BCUT2D eigenvalue weighted by Gasteiger charge is 2.42. The predicted molar refractivity (Wildman–Crippen MR) is 110 cm³/mol. The van der Waals surface area contributed by atoms with Crippen molar-refractivity contribution < 1.29 is 5.11 Å². The molecule has 0 unspecified atom stereocenters. The highest BCUT2D eigenvalue weighted by Crippen LogP contribution is 2.39. The lowest BCUT2D eigenvalue weighted by atomic mass is 9.77. The molecule has 1 saturated carbocycles. The van der Waals surface area contributed by atoms with Gasteiger partial charge in [0.15, 0.2) is 0 Å². The zero-order chi connectivity index (χ0) is 19.1. The summed E-state index contributed by atoms with van der Waals surface area (Å²) < 4.78 is 0. The summed E-state index contributed by atoms with van der Waals surface area (Å²) in [4.78, 5) is 15.8. The van der Waals surface area contributed by atoms with Crippen LogP contribution in [0.3, 0.4) is 0 Å². The van der Waals surface area contributed by atoms with Gasteiger partial charge in [-0.15, -0.1) is 0 Å². The summed E-state index contributed by atoms with van der Waals surface area (Å²) in [5.41, 5.74) is 2.26. The highest BCUT2D eigenvalue weighted by atomic mass is 16.3. The molecule has 4 atom stereocenters. The Morgan fingerprint density at radius 3 is 2.75 bits per heavy atom. The molecule has 1 aromatic carbocycles. The summed E-state index contributed by atoms with van der Waals surface area (Å²) >= 11 is 0. The number of rotatable bonds is 3. The first-order chi connectivity index (χ1) is 13.7. The molecule has 2 N–H and O–H groups in total. The smallest absolute Gasteiger partial charge is 0.144 e. The van der Waals surface area contributed by atoms with E-state index in [0.29, 0.717) is 11.8 Å². The number of hydrogen-bond acceptors (Lipinski definition) is 6. The monoisotopic (exact) mass is 375 g/mol. The van der Waals surface area contributed by atoms with Crippen molar-refractivity contribution in [3.63, 3.8) is 0 Å². The summed E-state index contributed by atoms with van der Waals surface area (Å²) in [5, 5.41) is 15.2. The van der Waals surface area contributed by atoms with E-state index in [2.05, 4.69) is 51.4 Å². The molecule has 2 fully saturated rings. The molecule has 0 amide bonds. The molecule has 144 valence electrons. The zero-order valence-electron chi connectivity index (χ0n) is 16.0. The molecule has 0 bridgehead atoms. The molecule has 6 heteroatoms. The number of aliphatic hydroxyl groups is 1. The molecule has 2 aromatic heterocycles. The third-order valence-electron chi connectivity index (χ3n) is 6.23. The second kappa shape index (κ2) is 7.02. The third-order valence-corrected chi connectivity index (χ3v) is 6.23. The van der Waals surface area contributed by atoms with Crippen LogP contribution in [0.1, 0.15) is 18.4 Å². The molecular weight excluding hydrogens is 350 g/mol. The van der Waals surface area contributed by atoms with Crippen LogP contribution in [0.2, 0.25) is 0 Å². The quantitative estimate of drug-likeness (QED) is 0.733. The molecule has 3 heterocycles. The Kier molecular flexibility index (Phi) is 4.36. The first-order valence-electron chi connectivity index (χ1n) is 9.99. The van der Waals surface area contributed by atoms with Gasteiger partial charge in [-0.1, -0.05) is 18.2 Å². The lowest BCUT2D eigenvalue weighted by Crippen LogP contribution is -2.43. The van der Waals surface area contributed by atoms with Gasteiger partial charge in [-0.3, -0.25) is 4.98 Å². The van der Waals surface area contributed by atoms with E-state index in [1.807, 2.05) is 6.07 Å².